The number of alkyl halides is 3. The molecule has 2 aromatic carbocycles. The van der Waals surface area contributed by atoms with Gasteiger partial charge in [-0.1, -0.05) is 36.4 Å². The van der Waals surface area contributed by atoms with Gasteiger partial charge in [-0.05, 0) is 35.2 Å². The van der Waals surface area contributed by atoms with Crippen molar-refractivity contribution in [3.8, 4) is 11.1 Å². The van der Waals surface area contributed by atoms with Crippen LogP contribution in [-0.4, -0.2) is 30.4 Å². The third-order valence-corrected chi connectivity index (χ3v) is 4.78. The van der Waals surface area contributed by atoms with Gasteiger partial charge < -0.3 is 13.3 Å². The second-order valence-electron chi connectivity index (χ2n) is 5.16. The molecule has 0 unspecified atom stereocenters. The molecule has 0 atom stereocenters. The molecular weight excluding hydrogens is 337 g/mol. The Kier molecular flexibility index (Phi) is 6.56. The number of hydrogen-bond donors (Lipinski definition) is 0. The molecule has 2 rings (SSSR count). The van der Waals surface area contributed by atoms with Gasteiger partial charge in [0.2, 0.25) is 0 Å². The predicted octanol–water partition coefficient (Wildman–Crippen LogP) is 3.94. The van der Waals surface area contributed by atoms with Gasteiger partial charge in [-0.3, -0.25) is 0 Å². The molecule has 0 radical (unpaired) electrons. The summed E-state index contributed by atoms with van der Waals surface area (Å²) in [4.78, 5) is 0. The van der Waals surface area contributed by atoms with E-state index in [1.807, 2.05) is 24.3 Å². The topological polar surface area (TPSA) is 27.7 Å². The molecule has 0 bridgehead atoms. The van der Waals surface area contributed by atoms with Gasteiger partial charge in [0.25, 0.3) is 0 Å². The summed E-state index contributed by atoms with van der Waals surface area (Å²) in [6.45, 7) is 0.474. The van der Waals surface area contributed by atoms with E-state index in [2.05, 4.69) is 0 Å². The van der Waals surface area contributed by atoms with Crippen LogP contribution in [0.1, 0.15) is 11.1 Å². The Balaban J connectivity index is 2.02. The van der Waals surface area contributed by atoms with Crippen LogP contribution in [0.25, 0.3) is 11.1 Å². The second-order valence-corrected chi connectivity index (χ2v) is 7.01. The zero-order valence-corrected chi connectivity index (χ0v) is 14.6. The maximum absolute atomic E-state index is 12.8. The van der Waals surface area contributed by atoms with E-state index in [4.69, 9.17) is 13.3 Å². The molecule has 0 saturated heterocycles. The summed E-state index contributed by atoms with van der Waals surface area (Å²) in [6.07, 6.45) is -3.66. The molecule has 3 nitrogen and oxygen atoms in total. The second kappa shape index (κ2) is 8.43. The molecule has 130 valence electrons. The quantitative estimate of drug-likeness (QED) is 0.704. The average molecular weight is 356 g/mol. The Bertz CT molecular complexity index is 640. The van der Waals surface area contributed by atoms with Gasteiger partial charge in [-0.2, -0.15) is 13.2 Å². The van der Waals surface area contributed by atoms with Gasteiger partial charge in [-0.25, -0.2) is 0 Å². The molecule has 0 aliphatic carbocycles. The molecule has 0 aromatic heterocycles. The van der Waals surface area contributed by atoms with Crippen LogP contribution in [-0.2, 0) is 25.9 Å². The van der Waals surface area contributed by atoms with Crippen LogP contribution in [0, 0.1) is 0 Å². The number of halogens is 3. The van der Waals surface area contributed by atoms with E-state index in [0.717, 1.165) is 23.3 Å². The fourth-order valence-corrected chi connectivity index (χ4v) is 3.02. The first-order valence-corrected chi connectivity index (χ1v) is 8.79. The molecule has 0 spiro atoms. The normalized spacial score (nSPS) is 11.9. The molecule has 24 heavy (non-hydrogen) atoms. The zero-order chi connectivity index (χ0) is 17.6. The average Bonchev–Trinajstić information content (AvgIpc) is 2.59. The van der Waals surface area contributed by atoms with E-state index < -0.39 is 21.3 Å². The molecule has 0 amide bonds. The highest BCUT2D eigenvalue weighted by Crippen LogP contribution is 2.32. The Morgan fingerprint density at radius 3 is 2.17 bits per heavy atom. The van der Waals surface area contributed by atoms with Crippen LogP contribution in [0.2, 0.25) is 0 Å². The summed E-state index contributed by atoms with van der Waals surface area (Å²) in [6, 6.07) is 12.7. The Morgan fingerprint density at radius 1 is 0.917 bits per heavy atom. The van der Waals surface area contributed by atoms with Crippen molar-refractivity contribution in [3.63, 3.8) is 0 Å². The highest BCUT2D eigenvalue weighted by Gasteiger charge is 2.30. The summed E-state index contributed by atoms with van der Waals surface area (Å²) >= 11 is 0. The van der Waals surface area contributed by atoms with Crippen LogP contribution in [0.4, 0.5) is 13.2 Å². The summed E-state index contributed by atoms with van der Waals surface area (Å²) < 4.78 is 53.9. The highest BCUT2D eigenvalue weighted by atomic mass is 28.3. The lowest BCUT2D eigenvalue weighted by Crippen LogP contribution is -2.24. The van der Waals surface area contributed by atoms with Crippen molar-refractivity contribution in [1.29, 1.82) is 0 Å². The third-order valence-electron chi connectivity index (χ3n) is 3.51. The minimum Gasteiger partial charge on any atom is -0.379 e. The number of hydrogen-bond acceptors (Lipinski definition) is 3. The Hall–Kier alpha value is -1.67. The van der Waals surface area contributed by atoms with Crippen molar-refractivity contribution in [2.45, 2.75) is 12.6 Å². The van der Waals surface area contributed by atoms with Crippen LogP contribution < -0.4 is 0 Å². The van der Waals surface area contributed by atoms with E-state index in [-0.39, 0.29) is 0 Å². The van der Waals surface area contributed by atoms with Crippen molar-refractivity contribution in [2.75, 3.05) is 20.8 Å². The van der Waals surface area contributed by atoms with Crippen molar-refractivity contribution < 1.29 is 26.4 Å². The van der Waals surface area contributed by atoms with E-state index >= 15 is 0 Å². The van der Waals surface area contributed by atoms with E-state index in [1.54, 1.807) is 20.3 Å². The lowest BCUT2D eigenvalue weighted by Gasteiger charge is -2.12. The maximum Gasteiger partial charge on any atom is 0.483 e. The smallest absolute Gasteiger partial charge is 0.379 e. The molecule has 0 aliphatic heterocycles. The summed E-state index contributed by atoms with van der Waals surface area (Å²) in [5.74, 6) is 0. The van der Waals surface area contributed by atoms with Gasteiger partial charge in [-0.15, -0.1) is 0 Å². The number of rotatable bonds is 7. The maximum atomic E-state index is 12.8. The Morgan fingerprint density at radius 2 is 1.58 bits per heavy atom. The summed E-state index contributed by atoms with van der Waals surface area (Å²) in [7, 11) is 1.07. The van der Waals surface area contributed by atoms with Crippen molar-refractivity contribution in [3.05, 3.63) is 59.7 Å². The van der Waals surface area contributed by atoms with Gasteiger partial charge >= 0.3 is 15.7 Å². The first-order chi connectivity index (χ1) is 11.4. The molecule has 0 saturated carbocycles. The van der Waals surface area contributed by atoms with Crippen molar-refractivity contribution >= 4 is 9.53 Å². The molecule has 0 aliphatic rings. The largest absolute Gasteiger partial charge is 0.483 e. The lowest BCUT2D eigenvalue weighted by molar-refractivity contribution is -0.137. The van der Waals surface area contributed by atoms with Gasteiger partial charge in [0.05, 0.1) is 5.56 Å². The van der Waals surface area contributed by atoms with E-state index in [1.165, 1.54) is 6.07 Å². The van der Waals surface area contributed by atoms with Crippen LogP contribution >= 0.6 is 0 Å². The minimum absolute atomic E-state index is 0.474. The lowest BCUT2D eigenvalue weighted by atomic mass is 10.0. The third kappa shape index (κ3) is 5.17. The molecule has 0 N–H and O–H groups in total. The number of benzene rings is 2. The monoisotopic (exact) mass is 356 g/mol. The minimum atomic E-state index is -4.34. The standard InChI is InChI=1S/C17H19F3O3Si/c1-21-24(22-2)23-11-10-13-6-8-14(9-7-13)15-4-3-5-16(12-15)17(18,19)20/h3-9,12,24H,10-11H2,1-2H3. The zero-order valence-electron chi connectivity index (χ0n) is 13.5. The van der Waals surface area contributed by atoms with Gasteiger partial charge in [0.1, 0.15) is 0 Å². The summed E-state index contributed by atoms with van der Waals surface area (Å²) in [5, 5.41) is 0. The van der Waals surface area contributed by atoms with Crippen LogP contribution in [0.3, 0.4) is 0 Å². The molecule has 0 heterocycles. The molecule has 2 aromatic rings. The van der Waals surface area contributed by atoms with E-state index in [9.17, 15) is 13.2 Å². The first-order valence-electron chi connectivity index (χ1n) is 7.38. The SMILES string of the molecule is CO[SiH](OC)OCCc1ccc(-c2cccc(C(F)(F)F)c2)cc1. The van der Waals surface area contributed by atoms with Gasteiger partial charge in [0, 0.05) is 20.8 Å². The molecule has 0 fully saturated rings. The summed E-state index contributed by atoms with van der Waals surface area (Å²) in [5.41, 5.74) is 1.67. The fraction of sp³-hybridized carbons (Fsp3) is 0.294. The molecule has 7 heteroatoms. The highest BCUT2D eigenvalue weighted by molar-refractivity contribution is 6.36. The Labute approximate surface area is 140 Å². The molecular formula is C17H19F3O3Si. The van der Waals surface area contributed by atoms with Crippen molar-refractivity contribution in [2.24, 2.45) is 0 Å². The predicted molar refractivity (Wildman–Crippen MR) is 87.7 cm³/mol. The van der Waals surface area contributed by atoms with Crippen LogP contribution in [0.15, 0.2) is 48.5 Å². The fourth-order valence-electron chi connectivity index (χ4n) is 2.24. The first kappa shape index (κ1) is 18.7. The van der Waals surface area contributed by atoms with Crippen LogP contribution in [0.5, 0.6) is 0 Å². The van der Waals surface area contributed by atoms with E-state index in [0.29, 0.717) is 18.6 Å². The van der Waals surface area contributed by atoms with Crippen molar-refractivity contribution in [1.82, 2.24) is 0 Å². The van der Waals surface area contributed by atoms with Gasteiger partial charge in [0.15, 0.2) is 0 Å².